The summed E-state index contributed by atoms with van der Waals surface area (Å²) < 4.78 is 24.5. The van der Waals surface area contributed by atoms with Gasteiger partial charge in [-0.25, -0.2) is 0 Å². The second kappa shape index (κ2) is 4.75. The maximum absolute atomic E-state index is 12.2. The molecule has 0 amide bonds. The molecule has 1 unspecified atom stereocenters. The van der Waals surface area contributed by atoms with E-state index in [2.05, 4.69) is 12.6 Å². The molecule has 0 aliphatic rings. The standard InChI is InChI=1S/C8H14F2S/c1-5(2)7(8(9)10)6(3)4-11/h5-6,11H,4H2,1-3H3. The molecule has 0 aromatic heterocycles. The Labute approximate surface area is 72.1 Å². The van der Waals surface area contributed by atoms with Gasteiger partial charge in [-0.05, 0) is 17.6 Å². The SMILES string of the molecule is CC(C)C(=C(F)F)C(C)CS. The smallest absolute Gasteiger partial charge is 0.179 e. The van der Waals surface area contributed by atoms with E-state index in [9.17, 15) is 8.78 Å². The van der Waals surface area contributed by atoms with Gasteiger partial charge in [-0.3, -0.25) is 0 Å². The van der Waals surface area contributed by atoms with Crippen LogP contribution in [-0.2, 0) is 0 Å². The monoisotopic (exact) mass is 180 g/mol. The van der Waals surface area contributed by atoms with E-state index in [1.807, 2.05) is 0 Å². The van der Waals surface area contributed by atoms with Crippen molar-refractivity contribution in [2.75, 3.05) is 5.75 Å². The van der Waals surface area contributed by atoms with Gasteiger partial charge in [0.2, 0.25) is 0 Å². The molecular weight excluding hydrogens is 166 g/mol. The van der Waals surface area contributed by atoms with Gasteiger partial charge >= 0.3 is 0 Å². The predicted molar refractivity (Wildman–Crippen MR) is 47.1 cm³/mol. The Morgan fingerprint density at radius 3 is 1.82 bits per heavy atom. The van der Waals surface area contributed by atoms with E-state index in [1.54, 1.807) is 20.8 Å². The van der Waals surface area contributed by atoms with Crippen LogP contribution in [0, 0.1) is 11.8 Å². The molecular formula is C8H14F2S. The zero-order valence-corrected chi connectivity index (χ0v) is 7.96. The second-order valence-corrected chi connectivity index (χ2v) is 3.32. The van der Waals surface area contributed by atoms with Crippen LogP contribution in [0.25, 0.3) is 0 Å². The summed E-state index contributed by atoms with van der Waals surface area (Å²) in [5.74, 6) is 0.274. The fraction of sp³-hybridized carbons (Fsp3) is 0.750. The summed E-state index contributed by atoms with van der Waals surface area (Å²) in [5, 5.41) is 0. The zero-order valence-electron chi connectivity index (χ0n) is 7.06. The van der Waals surface area contributed by atoms with Crippen molar-refractivity contribution in [3.63, 3.8) is 0 Å². The molecule has 3 heteroatoms. The molecule has 0 radical (unpaired) electrons. The second-order valence-electron chi connectivity index (χ2n) is 2.95. The van der Waals surface area contributed by atoms with Gasteiger partial charge in [0.25, 0.3) is 6.08 Å². The molecule has 0 rings (SSSR count). The largest absolute Gasteiger partial charge is 0.270 e. The number of hydrogen-bond donors (Lipinski definition) is 1. The van der Waals surface area contributed by atoms with Gasteiger partial charge in [-0.1, -0.05) is 20.8 Å². The Bertz CT molecular complexity index is 148. The summed E-state index contributed by atoms with van der Waals surface area (Å²) in [6.07, 6.45) is -1.54. The molecule has 0 nitrogen and oxygen atoms in total. The van der Waals surface area contributed by atoms with Crippen molar-refractivity contribution in [2.24, 2.45) is 11.8 Å². The number of thiol groups is 1. The van der Waals surface area contributed by atoms with E-state index in [1.165, 1.54) is 0 Å². The lowest BCUT2D eigenvalue weighted by molar-refractivity contribution is 0.384. The van der Waals surface area contributed by atoms with E-state index >= 15 is 0 Å². The molecule has 0 aromatic rings. The van der Waals surface area contributed by atoms with Crippen LogP contribution in [0.4, 0.5) is 8.78 Å². The van der Waals surface area contributed by atoms with Gasteiger partial charge in [0, 0.05) is 5.57 Å². The van der Waals surface area contributed by atoms with E-state index in [0.717, 1.165) is 0 Å². The first kappa shape index (κ1) is 11.0. The highest BCUT2D eigenvalue weighted by atomic mass is 32.1. The van der Waals surface area contributed by atoms with Crippen molar-refractivity contribution in [2.45, 2.75) is 20.8 Å². The van der Waals surface area contributed by atoms with Gasteiger partial charge in [0.1, 0.15) is 0 Å². The summed E-state index contributed by atoms with van der Waals surface area (Å²) in [4.78, 5) is 0. The summed E-state index contributed by atoms with van der Waals surface area (Å²) in [7, 11) is 0. The van der Waals surface area contributed by atoms with Crippen LogP contribution in [0.15, 0.2) is 11.7 Å². The van der Waals surface area contributed by atoms with Crippen LogP contribution in [0.1, 0.15) is 20.8 Å². The van der Waals surface area contributed by atoms with Crippen molar-refractivity contribution in [3.8, 4) is 0 Å². The molecule has 0 N–H and O–H groups in total. The zero-order chi connectivity index (χ0) is 9.02. The lowest BCUT2D eigenvalue weighted by Gasteiger charge is -2.15. The van der Waals surface area contributed by atoms with E-state index in [0.29, 0.717) is 5.75 Å². The van der Waals surface area contributed by atoms with Crippen LogP contribution in [0.3, 0.4) is 0 Å². The highest BCUT2D eigenvalue weighted by Crippen LogP contribution is 2.25. The topological polar surface area (TPSA) is 0 Å². The fourth-order valence-electron chi connectivity index (χ4n) is 1.07. The van der Waals surface area contributed by atoms with Crippen molar-refractivity contribution >= 4 is 12.6 Å². The number of hydrogen-bond acceptors (Lipinski definition) is 1. The molecule has 0 aliphatic carbocycles. The van der Waals surface area contributed by atoms with Gasteiger partial charge < -0.3 is 0 Å². The Morgan fingerprint density at radius 1 is 1.27 bits per heavy atom. The molecule has 1 atom stereocenters. The van der Waals surface area contributed by atoms with E-state index in [4.69, 9.17) is 0 Å². The normalized spacial score (nSPS) is 13.4. The Morgan fingerprint density at radius 2 is 1.73 bits per heavy atom. The lowest BCUT2D eigenvalue weighted by Crippen LogP contribution is -2.08. The minimum atomic E-state index is -1.54. The maximum atomic E-state index is 12.2. The molecule has 0 aliphatic heterocycles. The number of halogens is 2. The van der Waals surface area contributed by atoms with Gasteiger partial charge in [0.15, 0.2) is 0 Å². The van der Waals surface area contributed by atoms with Gasteiger partial charge in [-0.2, -0.15) is 21.4 Å². The van der Waals surface area contributed by atoms with Crippen LogP contribution < -0.4 is 0 Å². The molecule has 11 heavy (non-hydrogen) atoms. The highest BCUT2D eigenvalue weighted by molar-refractivity contribution is 7.80. The average Bonchev–Trinajstić information content (AvgIpc) is 1.85. The van der Waals surface area contributed by atoms with Crippen molar-refractivity contribution in [1.82, 2.24) is 0 Å². The summed E-state index contributed by atoms with van der Waals surface area (Å²) in [6, 6.07) is 0. The van der Waals surface area contributed by atoms with Crippen LogP contribution in [-0.4, -0.2) is 5.75 Å². The predicted octanol–water partition coefficient (Wildman–Crippen LogP) is 3.36. The number of rotatable bonds is 3. The summed E-state index contributed by atoms with van der Waals surface area (Å²) in [5.41, 5.74) is 0.236. The van der Waals surface area contributed by atoms with Crippen LogP contribution >= 0.6 is 12.6 Å². The lowest BCUT2D eigenvalue weighted by atomic mass is 9.94. The van der Waals surface area contributed by atoms with Crippen LogP contribution in [0.2, 0.25) is 0 Å². The molecule has 0 aromatic carbocycles. The van der Waals surface area contributed by atoms with Gasteiger partial charge in [-0.15, -0.1) is 0 Å². The highest BCUT2D eigenvalue weighted by Gasteiger charge is 2.16. The third-order valence-electron chi connectivity index (χ3n) is 1.65. The van der Waals surface area contributed by atoms with Crippen molar-refractivity contribution in [3.05, 3.63) is 11.7 Å². The molecule has 0 bridgehead atoms. The molecule has 0 spiro atoms. The van der Waals surface area contributed by atoms with Crippen molar-refractivity contribution in [1.29, 1.82) is 0 Å². The average molecular weight is 180 g/mol. The van der Waals surface area contributed by atoms with Gasteiger partial charge in [0.05, 0.1) is 0 Å². The van der Waals surface area contributed by atoms with Crippen LogP contribution in [0.5, 0.6) is 0 Å². The van der Waals surface area contributed by atoms with E-state index < -0.39 is 6.08 Å². The molecule has 0 heterocycles. The first-order valence-corrected chi connectivity index (χ1v) is 4.29. The molecule has 0 fully saturated rings. The Hall–Kier alpha value is -0.0500. The Balaban J connectivity index is 4.49. The van der Waals surface area contributed by atoms with E-state index in [-0.39, 0.29) is 17.4 Å². The number of allylic oxidation sites excluding steroid dienone is 1. The quantitative estimate of drug-likeness (QED) is 0.632. The fourth-order valence-corrected chi connectivity index (χ4v) is 1.27. The molecule has 0 saturated carbocycles. The molecule has 66 valence electrons. The Kier molecular flexibility index (Phi) is 4.73. The summed E-state index contributed by atoms with van der Waals surface area (Å²) in [6.45, 7) is 5.31. The third-order valence-corrected chi connectivity index (χ3v) is 2.19. The first-order valence-electron chi connectivity index (χ1n) is 3.66. The minimum Gasteiger partial charge on any atom is -0.179 e. The molecule has 0 saturated heterocycles. The third kappa shape index (κ3) is 3.23. The maximum Gasteiger partial charge on any atom is 0.270 e. The first-order chi connectivity index (χ1) is 5.00. The summed E-state index contributed by atoms with van der Waals surface area (Å²) >= 11 is 3.98. The minimum absolute atomic E-state index is 0.0813. The van der Waals surface area contributed by atoms with Crippen molar-refractivity contribution < 1.29 is 8.78 Å².